The number of rotatable bonds is 1. The van der Waals surface area contributed by atoms with E-state index in [1.807, 2.05) is 23.6 Å². The number of aromatic nitrogens is 1. The zero-order valence-corrected chi connectivity index (χ0v) is 10.5. The van der Waals surface area contributed by atoms with Crippen molar-refractivity contribution in [2.75, 3.05) is 5.73 Å². The summed E-state index contributed by atoms with van der Waals surface area (Å²) in [6.07, 6.45) is 0. The number of nitrogen functional groups attached to an aromatic ring is 1. The predicted octanol–water partition coefficient (Wildman–Crippen LogP) is 3.90. The Morgan fingerprint density at radius 2 is 2.19 bits per heavy atom. The Hall–Kier alpha value is -1.33. The first-order valence-corrected chi connectivity index (χ1v) is 6.31. The Morgan fingerprint density at radius 1 is 1.31 bits per heavy atom. The van der Waals surface area contributed by atoms with Crippen molar-refractivity contribution in [2.45, 2.75) is 0 Å². The Kier molecular flexibility index (Phi) is 2.22. The van der Waals surface area contributed by atoms with Gasteiger partial charge in [-0.2, -0.15) is 0 Å². The van der Waals surface area contributed by atoms with Crippen LogP contribution in [-0.2, 0) is 0 Å². The number of anilines is 1. The minimum absolute atomic E-state index is 0.627. The molecule has 0 atom stereocenters. The number of hydrogen-bond acceptors (Lipinski definition) is 4. The predicted molar refractivity (Wildman–Crippen MR) is 69.4 cm³/mol. The highest BCUT2D eigenvalue weighted by atomic mass is 79.9. The van der Waals surface area contributed by atoms with Crippen molar-refractivity contribution < 1.29 is 4.42 Å². The van der Waals surface area contributed by atoms with Crippen LogP contribution >= 0.6 is 27.3 Å². The van der Waals surface area contributed by atoms with Gasteiger partial charge in [-0.1, -0.05) is 0 Å². The number of fused-ring (bicyclic) bond motifs is 1. The Balaban J connectivity index is 2.23. The summed E-state index contributed by atoms with van der Waals surface area (Å²) in [7, 11) is 0. The van der Waals surface area contributed by atoms with Gasteiger partial charge in [0.05, 0.1) is 0 Å². The molecular weight excluding hydrogens is 288 g/mol. The van der Waals surface area contributed by atoms with Crippen LogP contribution in [0.3, 0.4) is 0 Å². The van der Waals surface area contributed by atoms with Crippen molar-refractivity contribution in [3.63, 3.8) is 0 Å². The first-order chi connectivity index (χ1) is 7.74. The van der Waals surface area contributed by atoms with Crippen LogP contribution in [0.25, 0.3) is 21.9 Å². The summed E-state index contributed by atoms with van der Waals surface area (Å²) in [6.45, 7) is 0. The monoisotopic (exact) mass is 294 g/mol. The molecule has 3 nitrogen and oxygen atoms in total. The van der Waals surface area contributed by atoms with Crippen molar-refractivity contribution in [3.05, 3.63) is 34.1 Å². The average molecular weight is 295 g/mol. The maximum absolute atomic E-state index is 5.69. The molecule has 0 fully saturated rings. The van der Waals surface area contributed by atoms with Gasteiger partial charge in [-0.3, -0.25) is 0 Å². The molecular formula is C11H7BrN2OS. The molecule has 0 aliphatic heterocycles. The van der Waals surface area contributed by atoms with E-state index in [9.17, 15) is 0 Å². The average Bonchev–Trinajstić information content (AvgIpc) is 2.82. The highest BCUT2D eigenvalue weighted by Crippen LogP contribution is 2.34. The van der Waals surface area contributed by atoms with Gasteiger partial charge >= 0.3 is 0 Å². The number of halogens is 1. The molecule has 5 heteroatoms. The topological polar surface area (TPSA) is 52.0 Å². The lowest BCUT2D eigenvalue weighted by Crippen LogP contribution is -1.82. The lowest BCUT2D eigenvalue weighted by atomic mass is 10.3. The van der Waals surface area contributed by atoms with Crippen LogP contribution in [0.15, 0.2) is 38.5 Å². The fraction of sp³-hybridized carbons (Fsp3) is 0. The summed E-state index contributed by atoms with van der Waals surface area (Å²) in [5.41, 5.74) is 7.93. The third-order valence-corrected chi connectivity index (χ3v) is 4.05. The standard InChI is InChI=1S/C11H7BrN2OS/c12-7-3-4-16-10(7)11-14-8-5-6(13)1-2-9(8)15-11/h1-5H,13H2. The maximum Gasteiger partial charge on any atom is 0.238 e. The van der Waals surface area contributed by atoms with Crippen LogP contribution in [0.2, 0.25) is 0 Å². The second-order valence-corrected chi connectivity index (χ2v) is 5.11. The van der Waals surface area contributed by atoms with E-state index in [0.717, 1.165) is 20.4 Å². The van der Waals surface area contributed by atoms with Gasteiger partial charge in [-0.05, 0) is 45.6 Å². The normalized spacial score (nSPS) is 11.1. The van der Waals surface area contributed by atoms with Crippen molar-refractivity contribution in [3.8, 4) is 10.8 Å². The van der Waals surface area contributed by atoms with E-state index in [2.05, 4.69) is 20.9 Å². The highest BCUT2D eigenvalue weighted by Gasteiger charge is 2.12. The molecule has 3 rings (SSSR count). The molecule has 2 N–H and O–H groups in total. The van der Waals surface area contributed by atoms with Gasteiger partial charge in [0.2, 0.25) is 5.89 Å². The molecule has 0 radical (unpaired) electrons. The van der Waals surface area contributed by atoms with Crippen LogP contribution in [0.1, 0.15) is 0 Å². The van der Waals surface area contributed by atoms with Gasteiger partial charge < -0.3 is 10.2 Å². The van der Waals surface area contributed by atoms with E-state index in [-0.39, 0.29) is 0 Å². The van der Waals surface area contributed by atoms with Gasteiger partial charge in [-0.25, -0.2) is 4.98 Å². The highest BCUT2D eigenvalue weighted by molar-refractivity contribution is 9.10. The van der Waals surface area contributed by atoms with E-state index >= 15 is 0 Å². The molecule has 0 saturated heterocycles. The number of hydrogen-bond donors (Lipinski definition) is 1. The zero-order valence-electron chi connectivity index (χ0n) is 8.11. The summed E-state index contributed by atoms with van der Waals surface area (Å²) >= 11 is 5.05. The van der Waals surface area contributed by atoms with Crippen LogP contribution < -0.4 is 5.73 Å². The molecule has 0 bridgehead atoms. The minimum Gasteiger partial charge on any atom is -0.435 e. The van der Waals surface area contributed by atoms with E-state index in [1.165, 1.54) is 0 Å². The fourth-order valence-corrected chi connectivity index (χ4v) is 2.95. The molecule has 80 valence electrons. The van der Waals surface area contributed by atoms with E-state index in [4.69, 9.17) is 10.2 Å². The first-order valence-electron chi connectivity index (χ1n) is 4.63. The molecule has 2 heterocycles. The summed E-state index contributed by atoms with van der Waals surface area (Å²) in [5.74, 6) is 0.627. The van der Waals surface area contributed by atoms with Crippen molar-refractivity contribution >= 4 is 44.1 Å². The third-order valence-electron chi connectivity index (χ3n) is 2.22. The van der Waals surface area contributed by atoms with Crippen LogP contribution in [-0.4, -0.2) is 4.98 Å². The molecule has 0 aliphatic carbocycles. The van der Waals surface area contributed by atoms with Gasteiger partial charge in [0.25, 0.3) is 0 Å². The molecule has 0 spiro atoms. The fourth-order valence-electron chi connectivity index (χ4n) is 1.49. The molecule has 0 unspecified atom stereocenters. The quantitative estimate of drug-likeness (QED) is 0.693. The van der Waals surface area contributed by atoms with Crippen LogP contribution in [0, 0.1) is 0 Å². The molecule has 0 amide bonds. The summed E-state index contributed by atoms with van der Waals surface area (Å²) in [6, 6.07) is 7.43. The van der Waals surface area contributed by atoms with E-state index < -0.39 is 0 Å². The summed E-state index contributed by atoms with van der Waals surface area (Å²) in [5, 5.41) is 1.99. The molecule has 1 aromatic carbocycles. The Morgan fingerprint density at radius 3 is 2.94 bits per heavy atom. The van der Waals surface area contributed by atoms with Crippen molar-refractivity contribution in [2.24, 2.45) is 0 Å². The minimum atomic E-state index is 0.627. The van der Waals surface area contributed by atoms with Crippen LogP contribution in [0.4, 0.5) is 5.69 Å². The van der Waals surface area contributed by atoms with Gasteiger partial charge in [0.15, 0.2) is 5.58 Å². The van der Waals surface area contributed by atoms with Gasteiger partial charge in [0.1, 0.15) is 10.4 Å². The lowest BCUT2D eigenvalue weighted by molar-refractivity contribution is 0.621. The Bertz CT molecular complexity index is 659. The first kappa shape index (κ1) is 9.86. The molecule has 16 heavy (non-hydrogen) atoms. The lowest BCUT2D eigenvalue weighted by Gasteiger charge is -1.88. The van der Waals surface area contributed by atoms with E-state index in [1.54, 1.807) is 17.4 Å². The van der Waals surface area contributed by atoms with Crippen molar-refractivity contribution in [1.82, 2.24) is 4.98 Å². The summed E-state index contributed by atoms with van der Waals surface area (Å²) < 4.78 is 6.66. The van der Waals surface area contributed by atoms with Gasteiger partial charge in [0, 0.05) is 10.2 Å². The Labute approximate surface area is 104 Å². The molecule has 3 aromatic rings. The third kappa shape index (κ3) is 1.52. The van der Waals surface area contributed by atoms with Crippen LogP contribution in [0.5, 0.6) is 0 Å². The summed E-state index contributed by atoms with van der Waals surface area (Å²) in [4.78, 5) is 5.41. The number of oxazole rings is 1. The molecule has 0 saturated carbocycles. The van der Waals surface area contributed by atoms with Gasteiger partial charge in [-0.15, -0.1) is 11.3 Å². The van der Waals surface area contributed by atoms with Crippen molar-refractivity contribution in [1.29, 1.82) is 0 Å². The number of thiophene rings is 1. The smallest absolute Gasteiger partial charge is 0.238 e. The number of nitrogens with zero attached hydrogens (tertiary/aromatic N) is 1. The SMILES string of the molecule is Nc1ccc2oc(-c3sccc3Br)nc2c1. The second-order valence-electron chi connectivity index (χ2n) is 3.34. The molecule has 2 aromatic heterocycles. The van der Waals surface area contributed by atoms with E-state index in [0.29, 0.717) is 11.6 Å². The zero-order chi connectivity index (χ0) is 11.1. The molecule has 0 aliphatic rings. The number of nitrogens with two attached hydrogens (primary N) is 1. The second kappa shape index (κ2) is 3.61. The number of benzene rings is 1. The maximum atomic E-state index is 5.69. The largest absolute Gasteiger partial charge is 0.435 e.